The van der Waals surface area contributed by atoms with Crippen LogP contribution in [0.25, 0.3) is 0 Å². The van der Waals surface area contributed by atoms with Crippen molar-refractivity contribution < 1.29 is 32.9 Å². The van der Waals surface area contributed by atoms with Gasteiger partial charge in [0.2, 0.25) is 5.91 Å². The van der Waals surface area contributed by atoms with Gasteiger partial charge in [-0.2, -0.15) is 0 Å². The van der Waals surface area contributed by atoms with Crippen LogP contribution in [0.2, 0.25) is 0 Å². The van der Waals surface area contributed by atoms with Crippen molar-refractivity contribution >= 4 is 13.7 Å². The van der Waals surface area contributed by atoms with Crippen LogP contribution in [-0.4, -0.2) is 73.4 Å². The van der Waals surface area contributed by atoms with Crippen molar-refractivity contribution in [1.29, 1.82) is 0 Å². The van der Waals surface area contributed by atoms with E-state index in [2.05, 4.69) is 129 Å². The number of aliphatic hydroxyl groups excluding tert-OH is 1. The summed E-state index contributed by atoms with van der Waals surface area (Å²) in [6.07, 6.45) is 101. The number of phosphoric ester groups is 1. The average Bonchev–Trinajstić information content (AvgIpc) is 3.71. The minimum atomic E-state index is -4.37. The number of nitrogens with zero attached hydrogens (tertiary/aromatic N) is 1. The van der Waals surface area contributed by atoms with Gasteiger partial charge in [0.15, 0.2) is 0 Å². The Kier molecular flexibility index (Phi) is 64.9. The molecule has 0 spiro atoms. The molecule has 0 aromatic heterocycles. The molecule has 0 saturated heterocycles. The van der Waals surface area contributed by atoms with Crippen molar-refractivity contribution in [3.05, 3.63) is 122 Å². The fourth-order valence-electron chi connectivity index (χ4n) is 10.3. The maximum Gasteiger partial charge on any atom is 0.472 e. The van der Waals surface area contributed by atoms with Gasteiger partial charge in [-0.05, 0) is 89.9 Å². The van der Waals surface area contributed by atoms with E-state index < -0.39 is 20.0 Å². The summed E-state index contributed by atoms with van der Waals surface area (Å²) >= 11 is 0. The number of hydrogen-bond acceptors (Lipinski definition) is 5. The first kappa shape index (κ1) is 83.9. The lowest BCUT2D eigenvalue weighted by Gasteiger charge is -2.25. The number of rotatable bonds is 66. The average molecular weight is 1230 g/mol. The molecular formula is C78H140N2O6P+. The van der Waals surface area contributed by atoms with E-state index in [0.717, 1.165) is 116 Å². The molecule has 0 aliphatic heterocycles. The molecule has 1 amide bonds. The zero-order valence-corrected chi connectivity index (χ0v) is 58.4. The Hall–Kier alpha value is -3.10. The summed E-state index contributed by atoms with van der Waals surface area (Å²) in [7, 11) is 1.55. The number of likely N-dealkylation sites (N-methyl/N-ethyl adjacent to an activating group) is 1. The van der Waals surface area contributed by atoms with Gasteiger partial charge in [0.1, 0.15) is 13.2 Å². The van der Waals surface area contributed by atoms with Crippen LogP contribution in [0.5, 0.6) is 0 Å². The van der Waals surface area contributed by atoms with Crippen molar-refractivity contribution in [1.82, 2.24) is 5.32 Å². The molecule has 9 heteroatoms. The number of aliphatic hydroxyl groups is 1. The van der Waals surface area contributed by atoms with Gasteiger partial charge in [0.05, 0.1) is 39.9 Å². The van der Waals surface area contributed by atoms with Crippen LogP contribution in [0.1, 0.15) is 316 Å². The second kappa shape index (κ2) is 67.3. The van der Waals surface area contributed by atoms with Crippen molar-refractivity contribution in [2.45, 2.75) is 328 Å². The lowest BCUT2D eigenvalue weighted by Crippen LogP contribution is -2.45. The number of nitrogens with one attached hydrogen (secondary N) is 1. The third-order valence-corrected chi connectivity index (χ3v) is 16.9. The number of amides is 1. The molecule has 0 radical (unpaired) electrons. The monoisotopic (exact) mass is 1230 g/mol. The molecule has 0 fully saturated rings. The fraction of sp³-hybridized carbons (Fsp3) is 0.731. The molecule has 0 aromatic rings. The smallest absolute Gasteiger partial charge is 0.387 e. The molecule has 3 unspecified atom stereocenters. The molecule has 0 aromatic carbocycles. The van der Waals surface area contributed by atoms with Crippen LogP contribution >= 0.6 is 7.82 Å². The molecule has 0 bridgehead atoms. The summed E-state index contributed by atoms with van der Waals surface area (Å²) in [5.41, 5.74) is 0. The van der Waals surface area contributed by atoms with Gasteiger partial charge in [-0.15, -0.1) is 0 Å². The van der Waals surface area contributed by atoms with E-state index in [1.54, 1.807) is 6.08 Å². The van der Waals surface area contributed by atoms with E-state index >= 15 is 0 Å². The normalized spacial score (nSPS) is 14.3. The second-order valence-electron chi connectivity index (χ2n) is 25.6. The number of carbonyl (C=O) groups excluding carboxylic acids is 1. The van der Waals surface area contributed by atoms with Gasteiger partial charge in [0.25, 0.3) is 0 Å². The third kappa shape index (κ3) is 70.2. The van der Waals surface area contributed by atoms with Crippen molar-refractivity contribution in [2.75, 3.05) is 40.9 Å². The standard InChI is InChI=1S/C78H139N2O6P/c1-6-8-10-12-14-16-18-20-22-24-26-28-30-32-34-36-38-40-42-44-46-48-50-52-54-56-58-60-62-64-66-68-70-72-78(82)79-76(75-86-87(83,84)85-74-73-80(3,4)5)77(81)71-69-67-65-63-61-59-57-55-53-51-49-47-45-43-41-39-37-35-33-31-29-27-25-23-21-19-17-15-13-11-9-7-2/h8,10,14,16,20,22,26,28,32,34,38,40,44,46,50,52,56,58,69,71,76-77,81H,6-7,9,11-13,15,17-19,21,23-25,27,29-31,33,35-37,39,41-43,45,47-49,51,53-55,57,59-68,70,72-75H2,1-5H3,(H-,79,82,83,84)/p+1/b10-8-,16-14-,22-20-,28-26-,34-32-,40-38-,46-44-,52-50-,58-56-,71-69+. The van der Waals surface area contributed by atoms with Crippen molar-refractivity contribution in [3.63, 3.8) is 0 Å². The predicted molar refractivity (Wildman–Crippen MR) is 382 cm³/mol. The van der Waals surface area contributed by atoms with Gasteiger partial charge in [-0.3, -0.25) is 13.8 Å². The summed E-state index contributed by atoms with van der Waals surface area (Å²) < 4.78 is 23.8. The fourth-order valence-corrected chi connectivity index (χ4v) is 11.1. The van der Waals surface area contributed by atoms with Gasteiger partial charge in [-0.25, -0.2) is 4.57 Å². The maximum atomic E-state index is 13.1. The van der Waals surface area contributed by atoms with Crippen LogP contribution < -0.4 is 5.32 Å². The summed E-state index contributed by atoms with van der Waals surface area (Å²) in [6.45, 7) is 4.71. The van der Waals surface area contributed by atoms with Crippen LogP contribution in [0.15, 0.2) is 122 Å². The van der Waals surface area contributed by atoms with E-state index in [4.69, 9.17) is 9.05 Å². The van der Waals surface area contributed by atoms with E-state index in [1.807, 2.05) is 27.2 Å². The number of carbonyl (C=O) groups is 1. The minimum Gasteiger partial charge on any atom is -0.387 e. The molecular weight excluding hydrogens is 1090 g/mol. The lowest BCUT2D eigenvalue weighted by molar-refractivity contribution is -0.870. The highest BCUT2D eigenvalue weighted by molar-refractivity contribution is 7.47. The first-order valence-corrected chi connectivity index (χ1v) is 37.9. The first-order valence-electron chi connectivity index (χ1n) is 36.4. The molecule has 8 nitrogen and oxygen atoms in total. The number of unbranched alkanes of at least 4 members (excludes halogenated alkanes) is 35. The van der Waals surface area contributed by atoms with Gasteiger partial charge in [0, 0.05) is 6.42 Å². The summed E-state index contributed by atoms with van der Waals surface area (Å²) in [5.74, 6) is -0.197. The van der Waals surface area contributed by atoms with Crippen LogP contribution in [0.4, 0.5) is 0 Å². The SMILES string of the molecule is CC/C=C\C/C=C\C/C=C\C/C=C\C/C=C\C/C=C\C/C=C\C/C=C\C/C=C\CCCCCCCC(=O)NC(COP(=O)(O)OCC[N+](C)(C)C)C(O)/C=C/CCCCCCCCCCCCCCCCCCCCCCCCCCCCCCCC. The number of quaternary nitrogens is 1. The molecule has 0 rings (SSSR count). The highest BCUT2D eigenvalue weighted by Crippen LogP contribution is 2.43. The Balaban J connectivity index is 4.15. The number of phosphoric acid groups is 1. The van der Waals surface area contributed by atoms with Gasteiger partial charge in [-0.1, -0.05) is 341 Å². The molecule has 0 aliphatic rings. The molecule has 502 valence electrons. The van der Waals surface area contributed by atoms with Gasteiger partial charge < -0.3 is 19.8 Å². The van der Waals surface area contributed by atoms with Crippen LogP contribution in [0.3, 0.4) is 0 Å². The Bertz CT molecular complexity index is 1840. The maximum absolute atomic E-state index is 13.1. The van der Waals surface area contributed by atoms with E-state index in [1.165, 1.54) is 180 Å². The van der Waals surface area contributed by atoms with Crippen molar-refractivity contribution in [3.8, 4) is 0 Å². The molecule has 3 N–H and O–H groups in total. The molecule has 0 aliphatic carbocycles. The molecule has 87 heavy (non-hydrogen) atoms. The van der Waals surface area contributed by atoms with Gasteiger partial charge >= 0.3 is 7.82 Å². The quantitative estimate of drug-likeness (QED) is 0.0243. The highest BCUT2D eigenvalue weighted by atomic mass is 31.2. The predicted octanol–water partition coefficient (Wildman–Crippen LogP) is 23.6. The minimum absolute atomic E-state index is 0.0514. The molecule has 3 atom stereocenters. The molecule has 0 saturated carbocycles. The Morgan fingerprint density at radius 2 is 0.690 bits per heavy atom. The highest BCUT2D eigenvalue weighted by Gasteiger charge is 2.28. The third-order valence-electron chi connectivity index (χ3n) is 15.9. The van der Waals surface area contributed by atoms with E-state index in [0.29, 0.717) is 17.4 Å². The van der Waals surface area contributed by atoms with E-state index in [-0.39, 0.29) is 19.1 Å². The zero-order valence-electron chi connectivity index (χ0n) is 57.5. The Morgan fingerprint density at radius 1 is 0.402 bits per heavy atom. The second-order valence-corrected chi connectivity index (χ2v) is 27.0. The topological polar surface area (TPSA) is 105 Å². The zero-order chi connectivity index (χ0) is 63.4. The summed E-state index contributed by atoms with van der Waals surface area (Å²) in [4.78, 5) is 23.4. The first-order chi connectivity index (χ1) is 42.5. The van der Waals surface area contributed by atoms with Crippen molar-refractivity contribution in [2.24, 2.45) is 0 Å². The van der Waals surface area contributed by atoms with Crippen LogP contribution in [-0.2, 0) is 18.4 Å². The lowest BCUT2D eigenvalue weighted by atomic mass is 10.0. The largest absolute Gasteiger partial charge is 0.472 e. The van der Waals surface area contributed by atoms with Crippen LogP contribution in [0, 0.1) is 0 Å². The number of hydrogen-bond donors (Lipinski definition) is 3. The molecule has 0 heterocycles. The Morgan fingerprint density at radius 3 is 1.01 bits per heavy atom. The number of allylic oxidation sites excluding steroid dienone is 19. The summed E-state index contributed by atoms with van der Waals surface area (Å²) in [6, 6.07) is -0.869. The van der Waals surface area contributed by atoms with E-state index in [9.17, 15) is 19.4 Å². The Labute approximate surface area is 539 Å². The summed E-state index contributed by atoms with van der Waals surface area (Å²) in [5, 5.41) is 14.0.